The number of methoxy groups -OCH3 is 1. The van der Waals surface area contributed by atoms with Gasteiger partial charge in [-0.2, -0.15) is 0 Å². The van der Waals surface area contributed by atoms with Gasteiger partial charge in [-0.1, -0.05) is 0 Å². The van der Waals surface area contributed by atoms with Crippen molar-refractivity contribution in [3.05, 3.63) is 0 Å². The topological polar surface area (TPSA) is 38.8 Å². The predicted molar refractivity (Wildman–Crippen MR) is 60.2 cm³/mol. The molecule has 92 valence electrons. The Morgan fingerprint density at radius 3 is 2.31 bits per heavy atom. The van der Waals surface area contributed by atoms with Crippen LogP contribution in [0.5, 0.6) is 0 Å². The molecule has 0 unspecified atom stereocenters. The number of likely N-dealkylation sites (tertiary alicyclic amines) is 1. The highest BCUT2D eigenvalue weighted by atomic mass is 16.6. The van der Waals surface area contributed by atoms with Crippen molar-refractivity contribution in [2.75, 3.05) is 26.8 Å². The number of fused-ring (bicyclic) bond motifs is 1. The molecule has 2 rings (SSSR count). The van der Waals surface area contributed by atoms with E-state index in [4.69, 9.17) is 9.47 Å². The van der Waals surface area contributed by atoms with Crippen LogP contribution in [-0.2, 0) is 9.47 Å². The standard InChI is InChI=1S/C12H21NO3/c1-12(2,3)16-11(14)13-5-8-9(6-13)10(8)7-15-4/h8-10H,5-7H2,1-4H3/t8-,9+,10+. The van der Waals surface area contributed by atoms with Crippen LogP contribution in [0.15, 0.2) is 0 Å². The number of hydrogen-bond donors (Lipinski definition) is 0. The zero-order chi connectivity index (χ0) is 11.9. The third kappa shape index (κ3) is 2.32. The van der Waals surface area contributed by atoms with Crippen molar-refractivity contribution in [1.82, 2.24) is 4.90 Å². The quantitative estimate of drug-likeness (QED) is 0.721. The predicted octanol–water partition coefficient (Wildman–Crippen LogP) is 1.75. The maximum Gasteiger partial charge on any atom is 0.410 e. The van der Waals surface area contributed by atoms with Gasteiger partial charge in [0.15, 0.2) is 0 Å². The first-order chi connectivity index (χ1) is 7.42. The van der Waals surface area contributed by atoms with Crippen LogP contribution >= 0.6 is 0 Å². The fourth-order valence-electron chi connectivity index (χ4n) is 2.56. The van der Waals surface area contributed by atoms with Gasteiger partial charge in [0, 0.05) is 26.8 Å². The highest BCUT2D eigenvalue weighted by Gasteiger charge is 2.56. The molecular weight excluding hydrogens is 206 g/mol. The summed E-state index contributed by atoms with van der Waals surface area (Å²) in [5.41, 5.74) is -0.393. The minimum Gasteiger partial charge on any atom is -0.444 e. The lowest BCUT2D eigenvalue weighted by Gasteiger charge is -2.25. The third-order valence-corrected chi connectivity index (χ3v) is 3.38. The summed E-state index contributed by atoms with van der Waals surface area (Å²) in [5, 5.41) is 0. The van der Waals surface area contributed by atoms with E-state index in [1.807, 2.05) is 25.7 Å². The van der Waals surface area contributed by atoms with Crippen molar-refractivity contribution in [2.45, 2.75) is 26.4 Å². The lowest BCUT2D eigenvalue weighted by Crippen LogP contribution is -2.37. The fraction of sp³-hybridized carbons (Fsp3) is 0.917. The molecule has 0 aromatic carbocycles. The minimum absolute atomic E-state index is 0.170. The van der Waals surface area contributed by atoms with Gasteiger partial charge in [-0.15, -0.1) is 0 Å². The molecule has 1 aliphatic carbocycles. The molecule has 0 aromatic heterocycles. The molecule has 2 fully saturated rings. The summed E-state index contributed by atoms with van der Waals surface area (Å²) >= 11 is 0. The van der Waals surface area contributed by atoms with E-state index in [1.165, 1.54) is 0 Å². The number of carbonyl (C=O) groups is 1. The number of carbonyl (C=O) groups excluding carboxylic acids is 1. The third-order valence-electron chi connectivity index (χ3n) is 3.38. The maximum absolute atomic E-state index is 11.8. The summed E-state index contributed by atoms with van der Waals surface area (Å²) < 4.78 is 10.5. The zero-order valence-corrected chi connectivity index (χ0v) is 10.5. The lowest BCUT2D eigenvalue weighted by molar-refractivity contribution is 0.0256. The Morgan fingerprint density at radius 2 is 1.88 bits per heavy atom. The number of hydrogen-bond acceptors (Lipinski definition) is 3. The SMILES string of the molecule is COC[C@@H]1[C@H]2CN(C(=O)OC(C)(C)C)C[C@@H]12. The normalized spacial score (nSPS) is 32.5. The molecule has 2 aliphatic rings. The van der Waals surface area contributed by atoms with E-state index >= 15 is 0 Å². The van der Waals surface area contributed by atoms with E-state index in [0.717, 1.165) is 19.7 Å². The largest absolute Gasteiger partial charge is 0.444 e. The van der Waals surface area contributed by atoms with Crippen LogP contribution in [0.4, 0.5) is 4.79 Å². The van der Waals surface area contributed by atoms with E-state index in [1.54, 1.807) is 7.11 Å². The molecule has 16 heavy (non-hydrogen) atoms. The zero-order valence-electron chi connectivity index (χ0n) is 10.5. The molecular formula is C12H21NO3. The molecule has 0 bridgehead atoms. The highest BCUT2D eigenvalue weighted by Crippen LogP contribution is 2.51. The molecule has 0 aromatic rings. The van der Waals surface area contributed by atoms with Crippen molar-refractivity contribution in [1.29, 1.82) is 0 Å². The first-order valence-electron chi connectivity index (χ1n) is 5.89. The maximum atomic E-state index is 11.8. The molecule has 0 N–H and O–H groups in total. The van der Waals surface area contributed by atoms with E-state index in [-0.39, 0.29) is 6.09 Å². The van der Waals surface area contributed by atoms with Crippen LogP contribution in [0.2, 0.25) is 0 Å². The molecule has 1 saturated heterocycles. The van der Waals surface area contributed by atoms with Gasteiger partial charge in [-0.25, -0.2) is 4.79 Å². The molecule has 0 spiro atoms. The summed E-state index contributed by atoms with van der Waals surface area (Å²) in [6, 6.07) is 0. The summed E-state index contributed by atoms with van der Waals surface area (Å²) in [7, 11) is 1.74. The van der Waals surface area contributed by atoms with E-state index in [2.05, 4.69) is 0 Å². The van der Waals surface area contributed by atoms with Crippen molar-refractivity contribution in [3.63, 3.8) is 0 Å². The number of piperidine rings is 1. The van der Waals surface area contributed by atoms with Crippen LogP contribution in [0, 0.1) is 17.8 Å². The van der Waals surface area contributed by atoms with Crippen LogP contribution in [0.3, 0.4) is 0 Å². The van der Waals surface area contributed by atoms with Crippen molar-refractivity contribution in [2.24, 2.45) is 17.8 Å². The smallest absolute Gasteiger partial charge is 0.410 e. The van der Waals surface area contributed by atoms with Crippen LogP contribution in [0.25, 0.3) is 0 Å². The average Bonchev–Trinajstić information content (AvgIpc) is 2.60. The van der Waals surface area contributed by atoms with Gasteiger partial charge in [0.25, 0.3) is 0 Å². The summed E-state index contributed by atoms with van der Waals surface area (Å²) in [6.45, 7) is 8.21. The molecule has 1 heterocycles. The Hall–Kier alpha value is -0.770. The Bertz CT molecular complexity index is 272. The second-order valence-corrected chi connectivity index (χ2v) is 5.83. The lowest BCUT2D eigenvalue weighted by atomic mass is 10.2. The monoisotopic (exact) mass is 227 g/mol. The van der Waals surface area contributed by atoms with Crippen molar-refractivity contribution < 1.29 is 14.3 Å². The first kappa shape index (κ1) is 11.7. The van der Waals surface area contributed by atoms with Gasteiger partial charge < -0.3 is 14.4 Å². The molecule has 1 aliphatic heterocycles. The Balaban J connectivity index is 1.78. The first-order valence-corrected chi connectivity index (χ1v) is 5.89. The molecule has 1 amide bonds. The van der Waals surface area contributed by atoms with Crippen LogP contribution < -0.4 is 0 Å². The van der Waals surface area contributed by atoms with Crippen LogP contribution in [-0.4, -0.2) is 43.4 Å². The summed E-state index contributed by atoms with van der Waals surface area (Å²) in [6.07, 6.45) is -0.170. The minimum atomic E-state index is -0.393. The fourth-order valence-corrected chi connectivity index (χ4v) is 2.56. The molecule has 1 saturated carbocycles. The van der Waals surface area contributed by atoms with E-state index in [0.29, 0.717) is 17.8 Å². The van der Waals surface area contributed by atoms with Gasteiger partial charge >= 0.3 is 6.09 Å². The van der Waals surface area contributed by atoms with Crippen LogP contribution in [0.1, 0.15) is 20.8 Å². The summed E-state index contributed by atoms with van der Waals surface area (Å²) in [5.74, 6) is 1.96. The summed E-state index contributed by atoms with van der Waals surface area (Å²) in [4.78, 5) is 13.6. The molecule has 4 nitrogen and oxygen atoms in total. The van der Waals surface area contributed by atoms with Gasteiger partial charge in [0.05, 0.1) is 0 Å². The molecule has 3 atom stereocenters. The van der Waals surface area contributed by atoms with Gasteiger partial charge in [0.1, 0.15) is 5.60 Å². The van der Waals surface area contributed by atoms with E-state index < -0.39 is 5.60 Å². The number of rotatable bonds is 2. The Morgan fingerprint density at radius 1 is 1.31 bits per heavy atom. The average molecular weight is 227 g/mol. The Labute approximate surface area is 96.9 Å². The second kappa shape index (κ2) is 3.91. The Kier molecular flexibility index (Phi) is 2.86. The highest BCUT2D eigenvalue weighted by molar-refractivity contribution is 5.68. The number of nitrogens with zero attached hydrogens (tertiary/aromatic N) is 1. The van der Waals surface area contributed by atoms with Gasteiger partial charge in [-0.3, -0.25) is 0 Å². The second-order valence-electron chi connectivity index (χ2n) is 5.83. The number of ether oxygens (including phenoxy) is 2. The van der Waals surface area contributed by atoms with Crippen molar-refractivity contribution >= 4 is 6.09 Å². The molecule has 0 radical (unpaired) electrons. The van der Waals surface area contributed by atoms with Gasteiger partial charge in [-0.05, 0) is 38.5 Å². The van der Waals surface area contributed by atoms with E-state index in [9.17, 15) is 4.79 Å². The number of amides is 1. The van der Waals surface area contributed by atoms with Crippen molar-refractivity contribution in [3.8, 4) is 0 Å². The van der Waals surface area contributed by atoms with Gasteiger partial charge in [0.2, 0.25) is 0 Å². The molecule has 4 heteroatoms.